The highest BCUT2D eigenvalue weighted by Gasteiger charge is 2.44. The number of carbonyl (C=O) groups excluding carboxylic acids is 2. The molecular weight excluding hydrogens is 326 g/mol. The van der Waals surface area contributed by atoms with Gasteiger partial charge < -0.3 is 5.32 Å². The van der Waals surface area contributed by atoms with Gasteiger partial charge in [-0.2, -0.15) is 0 Å². The van der Waals surface area contributed by atoms with Crippen LogP contribution in [-0.4, -0.2) is 17.9 Å². The highest BCUT2D eigenvalue weighted by molar-refractivity contribution is 6.02. The van der Waals surface area contributed by atoms with Crippen LogP contribution in [0.3, 0.4) is 0 Å². The summed E-state index contributed by atoms with van der Waals surface area (Å²) in [5.41, 5.74) is 7.81. The summed E-state index contributed by atoms with van der Waals surface area (Å²) in [6.07, 6.45) is 0.816. The number of hydrogen-bond donors (Lipinski definition) is 3. The van der Waals surface area contributed by atoms with Crippen molar-refractivity contribution in [3.8, 4) is 0 Å². The molecule has 0 aromatic heterocycles. The topological polar surface area (TPSA) is 70.2 Å². The standard InChI is InChI=1S/C21H25N3O2/c1-3-14(2)22-20(25)18-17(15-10-6-4-7-11-15)19(23-24-21(18)26)16-12-8-5-9-13-16/h4-14,17-19,23H,3H2,1-2H3,(H,22,25)(H,24,26). The molecule has 2 aromatic rings. The number of hydrazine groups is 1. The summed E-state index contributed by atoms with van der Waals surface area (Å²) in [6, 6.07) is 19.5. The van der Waals surface area contributed by atoms with Gasteiger partial charge in [0.2, 0.25) is 11.8 Å². The Kier molecular flexibility index (Phi) is 5.68. The molecule has 4 atom stereocenters. The summed E-state index contributed by atoms with van der Waals surface area (Å²) in [6.45, 7) is 3.96. The minimum atomic E-state index is -0.794. The Morgan fingerprint density at radius 2 is 1.62 bits per heavy atom. The molecule has 1 aliphatic rings. The summed E-state index contributed by atoms with van der Waals surface area (Å²) in [7, 11) is 0. The van der Waals surface area contributed by atoms with Gasteiger partial charge in [-0.05, 0) is 24.5 Å². The van der Waals surface area contributed by atoms with Crippen molar-refractivity contribution in [3.05, 3.63) is 71.8 Å². The van der Waals surface area contributed by atoms with Crippen molar-refractivity contribution < 1.29 is 9.59 Å². The van der Waals surface area contributed by atoms with Crippen molar-refractivity contribution in [2.45, 2.75) is 38.3 Å². The van der Waals surface area contributed by atoms with Gasteiger partial charge in [0.1, 0.15) is 5.92 Å². The van der Waals surface area contributed by atoms with Gasteiger partial charge in [0.25, 0.3) is 0 Å². The number of carbonyl (C=O) groups is 2. The van der Waals surface area contributed by atoms with E-state index in [1.54, 1.807) is 0 Å². The fourth-order valence-corrected chi connectivity index (χ4v) is 3.40. The highest BCUT2D eigenvalue weighted by atomic mass is 16.2. The van der Waals surface area contributed by atoms with E-state index >= 15 is 0 Å². The minimum Gasteiger partial charge on any atom is -0.353 e. The Balaban J connectivity index is 2.01. The van der Waals surface area contributed by atoms with Gasteiger partial charge in [0, 0.05) is 12.0 Å². The van der Waals surface area contributed by atoms with Crippen LogP contribution in [-0.2, 0) is 9.59 Å². The molecule has 1 fully saturated rings. The molecule has 1 heterocycles. The molecule has 1 aliphatic heterocycles. The number of hydrogen-bond acceptors (Lipinski definition) is 3. The molecule has 3 N–H and O–H groups in total. The number of amides is 2. The first-order valence-electron chi connectivity index (χ1n) is 9.07. The maximum Gasteiger partial charge on any atom is 0.247 e. The van der Waals surface area contributed by atoms with Crippen molar-refractivity contribution in [2.24, 2.45) is 5.92 Å². The van der Waals surface area contributed by atoms with E-state index in [0.29, 0.717) is 0 Å². The zero-order chi connectivity index (χ0) is 18.5. The normalized spacial score (nSPS) is 23.8. The quantitative estimate of drug-likeness (QED) is 0.726. The molecule has 2 aromatic carbocycles. The monoisotopic (exact) mass is 351 g/mol. The summed E-state index contributed by atoms with van der Waals surface area (Å²) in [5.74, 6) is -1.62. The van der Waals surface area contributed by atoms with Crippen molar-refractivity contribution in [2.75, 3.05) is 0 Å². The van der Waals surface area contributed by atoms with Crippen molar-refractivity contribution in [1.82, 2.24) is 16.2 Å². The lowest BCUT2D eigenvalue weighted by Crippen LogP contribution is -2.58. The van der Waals surface area contributed by atoms with E-state index in [2.05, 4.69) is 16.2 Å². The van der Waals surface area contributed by atoms with Crippen molar-refractivity contribution in [3.63, 3.8) is 0 Å². The lowest BCUT2D eigenvalue weighted by Gasteiger charge is -2.38. The van der Waals surface area contributed by atoms with Crippen LogP contribution in [0.4, 0.5) is 0 Å². The zero-order valence-corrected chi connectivity index (χ0v) is 15.1. The summed E-state index contributed by atoms with van der Waals surface area (Å²) in [4.78, 5) is 25.6. The second kappa shape index (κ2) is 8.15. The molecule has 5 nitrogen and oxygen atoms in total. The van der Waals surface area contributed by atoms with Crippen LogP contribution in [0.2, 0.25) is 0 Å². The maximum atomic E-state index is 12.9. The van der Waals surface area contributed by atoms with Crippen molar-refractivity contribution in [1.29, 1.82) is 0 Å². The van der Waals surface area contributed by atoms with Gasteiger partial charge in [0.15, 0.2) is 0 Å². The molecule has 0 radical (unpaired) electrons. The molecule has 5 heteroatoms. The zero-order valence-electron chi connectivity index (χ0n) is 15.1. The van der Waals surface area contributed by atoms with Crippen LogP contribution in [0.5, 0.6) is 0 Å². The van der Waals surface area contributed by atoms with Crippen LogP contribution < -0.4 is 16.2 Å². The van der Waals surface area contributed by atoms with Crippen LogP contribution in [0.25, 0.3) is 0 Å². The molecule has 1 saturated heterocycles. The fraction of sp³-hybridized carbons (Fsp3) is 0.333. The molecule has 2 amide bonds. The molecule has 0 bridgehead atoms. The fourth-order valence-electron chi connectivity index (χ4n) is 3.40. The molecule has 136 valence electrons. The second-order valence-corrected chi connectivity index (χ2v) is 6.75. The Hall–Kier alpha value is -2.66. The van der Waals surface area contributed by atoms with E-state index in [1.165, 1.54) is 0 Å². The Morgan fingerprint density at radius 3 is 2.19 bits per heavy atom. The third-order valence-corrected chi connectivity index (χ3v) is 4.98. The first-order valence-corrected chi connectivity index (χ1v) is 9.07. The molecular formula is C21H25N3O2. The van der Waals surface area contributed by atoms with Crippen LogP contribution in [0.15, 0.2) is 60.7 Å². The Labute approximate surface area is 154 Å². The molecule has 26 heavy (non-hydrogen) atoms. The van der Waals surface area contributed by atoms with Gasteiger partial charge in [-0.1, -0.05) is 67.6 Å². The first-order chi connectivity index (χ1) is 12.6. The van der Waals surface area contributed by atoms with Gasteiger partial charge >= 0.3 is 0 Å². The summed E-state index contributed by atoms with van der Waals surface area (Å²) in [5, 5.41) is 2.97. The van der Waals surface area contributed by atoms with Crippen molar-refractivity contribution >= 4 is 11.8 Å². The van der Waals surface area contributed by atoms with Crippen LogP contribution in [0.1, 0.15) is 43.4 Å². The third kappa shape index (κ3) is 3.78. The van der Waals surface area contributed by atoms with E-state index in [4.69, 9.17) is 0 Å². The number of rotatable bonds is 5. The van der Waals surface area contributed by atoms with E-state index in [-0.39, 0.29) is 29.8 Å². The lowest BCUT2D eigenvalue weighted by atomic mass is 9.76. The van der Waals surface area contributed by atoms with E-state index in [0.717, 1.165) is 17.5 Å². The summed E-state index contributed by atoms with van der Waals surface area (Å²) < 4.78 is 0. The van der Waals surface area contributed by atoms with Crippen LogP contribution >= 0.6 is 0 Å². The molecule has 4 unspecified atom stereocenters. The maximum absolute atomic E-state index is 12.9. The van der Waals surface area contributed by atoms with E-state index in [1.807, 2.05) is 74.5 Å². The second-order valence-electron chi connectivity index (χ2n) is 6.75. The third-order valence-electron chi connectivity index (χ3n) is 4.98. The molecule has 0 saturated carbocycles. The Bertz CT molecular complexity index is 748. The highest BCUT2D eigenvalue weighted by Crippen LogP contribution is 2.39. The SMILES string of the molecule is CCC(C)NC(=O)C1C(=O)NNC(c2ccccc2)C1c1ccccc1. The van der Waals surface area contributed by atoms with Crippen LogP contribution in [0, 0.1) is 5.92 Å². The predicted molar refractivity (Wildman–Crippen MR) is 101 cm³/mol. The molecule has 3 rings (SSSR count). The molecule has 0 spiro atoms. The predicted octanol–water partition coefficient (Wildman–Crippen LogP) is 2.68. The summed E-state index contributed by atoms with van der Waals surface area (Å²) >= 11 is 0. The largest absolute Gasteiger partial charge is 0.353 e. The number of benzene rings is 2. The first kappa shape index (κ1) is 18.1. The van der Waals surface area contributed by atoms with E-state index < -0.39 is 5.92 Å². The average Bonchev–Trinajstić information content (AvgIpc) is 2.68. The van der Waals surface area contributed by atoms with E-state index in [9.17, 15) is 9.59 Å². The smallest absolute Gasteiger partial charge is 0.247 e. The van der Waals surface area contributed by atoms with Gasteiger partial charge in [0.05, 0.1) is 6.04 Å². The molecule has 0 aliphatic carbocycles. The number of nitrogens with one attached hydrogen (secondary N) is 3. The minimum absolute atomic E-state index is 0.0248. The van der Waals surface area contributed by atoms with Gasteiger partial charge in [-0.25, -0.2) is 5.43 Å². The van der Waals surface area contributed by atoms with Gasteiger partial charge in [-0.3, -0.25) is 15.0 Å². The van der Waals surface area contributed by atoms with Gasteiger partial charge in [-0.15, -0.1) is 0 Å². The average molecular weight is 351 g/mol. The Morgan fingerprint density at radius 1 is 1.04 bits per heavy atom. The lowest BCUT2D eigenvalue weighted by molar-refractivity contribution is -0.140.